The Morgan fingerprint density at radius 1 is 0.526 bits per heavy atom. The molecule has 0 fully saturated rings. The van der Waals surface area contributed by atoms with E-state index in [0.29, 0.717) is 23.1 Å². The third-order valence-corrected chi connectivity index (χ3v) is 6.49. The van der Waals surface area contributed by atoms with Crippen molar-refractivity contribution in [1.29, 1.82) is 0 Å². The van der Waals surface area contributed by atoms with Crippen LogP contribution < -0.4 is 0 Å². The van der Waals surface area contributed by atoms with Gasteiger partial charge >= 0.3 is 0 Å². The summed E-state index contributed by atoms with van der Waals surface area (Å²) in [5, 5.41) is 17.6. The van der Waals surface area contributed by atoms with Crippen molar-refractivity contribution in [2.24, 2.45) is 25.8 Å². The lowest BCUT2D eigenvalue weighted by Gasteiger charge is -1.99. The summed E-state index contributed by atoms with van der Waals surface area (Å²) < 4.78 is 0. The van der Waals surface area contributed by atoms with Crippen LogP contribution in [0.25, 0.3) is 0 Å². The predicted molar refractivity (Wildman–Crippen MR) is 224 cm³/mol. The Labute approximate surface area is 335 Å². The minimum absolute atomic E-state index is 0.0261. The van der Waals surface area contributed by atoms with Crippen molar-refractivity contribution < 1.29 is 48.2 Å². The quantitative estimate of drug-likeness (QED) is 0.0569. The van der Waals surface area contributed by atoms with Crippen LogP contribution in [-0.4, -0.2) is 95.5 Å². The van der Waals surface area contributed by atoms with E-state index in [0.717, 1.165) is 42.2 Å². The second-order valence-corrected chi connectivity index (χ2v) is 11.2. The number of rotatable bonds is 17. The average molecular weight is 790 g/mol. The van der Waals surface area contributed by atoms with Gasteiger partial charge in [-0.25, -0.2) is 0 Å². The smallest absolute Gasteiger partial charge is 0.174 e. The van der Waals surface area contributed by atoms with Crippen LogP contribution in [0.3, 0.4) is 0 Å². The number of carbonyl (C=O) groups excluding carboxylic acids is 5. The van der Waals surface area contributed by atoms with Crippen LogP contribution in [0, 0.1) is 0 Å². The first-order chi connectivity index (χ1) is 27.3. The molecule has 15 nitrogen and oxygen atoms in total. The maximum atomic E-state index is 11.1. The van der Waals surface area contributed by atoms with Gasteiger partial charge in [-0.2, -0.15) is 0 Å². The lowest BCUT2D eigenvalue weighted by molar-refractivity contribution is -0.117. The van der Waals surface area contributed by atoms with E-state index in [9.17, 15) is 24.0 Å². The molecule has 0 radical (unpaired) electrons. The minimum Gasteiger partial charge on any atom is -0.399 e. The van der Waals surface area contributed by atoms with Crippen molar-refractivity contribution in [2.45, 2.75) is 60.3 Å². The molecule has 308 valence electrons. The monoisotopic (exact) mass is 789 g/mol. The lowest BCUT2D eigenvalue weighted by atomic mass is 10.1. The summed E-state index contributed by atoms with van der Waals surface area (Å²) in [5.41, 5.74) is 4.58. The van der Waals surface area contributed by atoms with Gasteiger partial charge in [-0.05, 0) is 64.2 Å². The molecule has 0 aliphatic heterocycles. The van der Waals surface area contributed by atoms with Crippen LogP contribution in [0.15, 0.2) is 98.6 Å². The van der Waals surface area contributed by atoms with E-state index in [4.69, 9.17) is 0 Å². The first-order valence-electron chi connectivity index (χ1n) is 17.4. The van der Waals surface area contributed by atoms with Crippen LogP contribution in [-0.2, 0) is 33.8 Å². The molecule has 0 amide bonds. The maximum Gasteiger partial charge on any atom is 0.174 e. The van der Waals surface area contributed by atoms with Crippen LogP contribution in [0.1, 0.15) is 108 Å². The van der Waals surface area contributed by atoms with Gasteiger partial charge in [0.25, 0.3) is 0 Å². The van der Waals surface area contributed by atoms with E-state index in [1.807, 2.05) is 42.5 Å². The van der Waals surface area contributed by atoms with Gasteiger partial charge < -0.3 is 29.0 Å². The Hall–Kier alpha value is -6.64. The topological polar surface area (TPSA) is 193 Å². The molecule has 57 heavy (non-hydrogen) atoms. The highest BCUT2D eigenvalue weighted by Gasteiger charge is 2.03. The van der Waals surface area contributed by atoms with Gasteiger partial charge in [0.1, 0.15) is 47.5 Å². The SMILES string of the molecule is CON=CC(C)=O.CON=CCCCCC(C)=O.CON=Cc1ccc(C(C)=O)cc1.CON=Cc1cccc(C(C)=O)c1.CON=Cc1ccccc1C(C)=O. The highest BCUT2D eigenvalue weighted by atomic mass is 16.6. The molecule has 0 bridgehead atoms. The summed E-state index contributed by atoms with van der Waals surface area (Å²) in [6.45, 7) is 7.62. The van der Waals surface area contributed by atoms with Crippen molar-refractivity contribution >= 4 is 60.0 Å². The molecule has 0 atom stereocenters. The summed E-state index contributed by atoms with van der Waals surface area (Å²) in [5.74, 6) is 0.289. The van der Waals surface area contributed by atoms with Gasteiger partial charge in [-0.1, -0.05) is 92.5 Å². The fourth-order valence-corrected chi connectivity index (χ4v) is 3.77. The molecule has 0 aliphatic rings. The van der Waals surface area contributed by atoms with Crippen molar-refractivity contribution in [3.63, 3.8) is 0 Å². The standard InChI is InChI=1S/3C10H11NO2.C8H15NO2.C4H7NO2/c1-8(12)10-5-3-9(4-6-10)7-11-13-2;1-8(12)10-5-3-4-9(6-10)7-11-13-2;1-8(12)10-6-4-3-5-9(10)7-11-13-2;1-8(10)6-4-3-5-7-9-11-2;1-4(6)3-5-7-2/h3*3-7H,1-2H3;7H,3-6H2,1-2H3;3H,1-2H3. The van der Waals surface area contributed by atoms with E-state index in [1.54, 1.807) is 55.9 Å². The molecule has 0 unspecified atom stereocenters. The van der Waals surface area contributed by atoms with E-state index < -0.39 is 0 Å². The number of nitrogens with zero attached hydrogens (tertiary/aromatic N) is 5. The molecule has 0 heterocycles. The zero-order valence-corrected chi connectivity index (χ0v) is 34.5. The molecular weight excluding hydrogens is 734 g/mol. The number of benzene rings is 3. The van der Waals surface area contributed by atoms with Gasteiger partial charge in [0, 0.05) is 41.8 Å². The molecule has 0 saturated heterocycles. The molecule has 0 aromatic heterocycles. The molecule has 3 aromatic rings. The summed E-state index contributed by atoms with van der Waals surface area (Å²) in [7, 11) is 7.34. The van der Waals surface area contributed by atoms with E-state index in [-0.39, 0.29) is 28.9 Å². The number of hydrogen-bond acceptors (Lipinski definition) is 15. The van der Waals surface area contributed by atoms with Crippen molar-refractivity contribution in [1.82, 2.24) is 0 Å². The largest absolute Gasteiger partial charge is 0.399 e. The highest BCUT2D eigenvalue weighted by Crippen LogP contribution is 2.07. The third kappa shape index (κ3) is 30.4. The fraction of sp³-hybridized carbons (Fsp3) is 0.333. The van der Waals surface area contributed by atoms with Crippen LogP contribution in [0.2, 0.25) is 0 Å². The average Bonchev–Trinajstić information content (AvgIpc) is 3.20. The minimum atomic E-state index is -0.109. The van der Waals surface area contributed by atoms with Crippen LogP contribution in [0.5, 0.6) is 0 Å². The molecule has 0 saturated carbocycles. The van der Waals surface area contributed by atoms with Gasteiger partial charge in [0.05, 0.1) is 18.6 Å². The molecule has 0 N–H and O–H groups in total. The summed E-state index contributed by atoms with van der Waals surface area (Å²) in [6.07, 6.45) is 11.0. The van der Waals surface area contributed by atoms with Crippen molar-refractivity contribution in [3.05, 3.63) is 106 Å². The van der Waals surface area contributed by atoms with Crippen LogP contribution in [0.4, 0.5) is 0 Å². The lowest BCUT2D eigenvalue weighted by Crippen LogP contribution is -1.98. The second kappa shape index (κ2) is 35.1. The summed E-state index contributed by atoms with van der Waals surface area (Å²) in [4.78, 5) is 75.8. The first-order valence-corrected chi connectivity index (χ1v) is 17.4. The van der Waals surface area contributed by atoms with E-state index >= 15 is 0 Å². The first kappa shape index (κ1) is 52.5. The third-order valence-electron chi connectivity index (χ3n) is 6.49. The molecule has 0 spiro atoms. The highest BCUT2D eigenvalue weighted by molar-refractivity contribution is 6.26. The van der Waals surface area contributed by atoms with Gasteiger partial charge in [0.15, 0.2) is 23.1 Å². The summed E-state index contributed by atoms with van der Waals surface area (Å²) >= 11 is 0. The Bertz CT molecular complexity index is 1770. The number of carbonyl (C=O) groups is 5. The number of Topliss-reactive ketones (excluding diaryl/α,β-unsaturated/α-hetero) is 5. The fourth-order valence-electron chi connectivity index (χ4n) is 3.77. The molecular formula is C42H55N5O10. The van der Waals surface area contributed by atoms with Crippen molar-refractivity contribution in [2.75, 3.05) is 35.5 Å². The summed E-state index contributed by atoms with van der Waals surface area (Å²) in [6, 6.07) is 21.6. The zero-order valence-electron chi connectivity index (χ0n) is 34.5. The van der Waals surface area contributed by atoms with Gasteiger partial charge in [0.2, 0.25) is 0 Å². The predicted octanol–water partition coefficient (Wildman–Crippen LogP) is 7.58. The van der Waals surface area contributed by atoms with E-state index in [2.05, 4.69) is 50.0 Å². The Morgan fingerprint density at radius 2 is 1.07 bits per heavy atom. The molecule has 3 aromatic carbocycles. The zero-order chi connectivity index (χ0) is 43.3. The Kier molecular flexibility index (Phi) is 32.3. The maximum absolute atomic E-state index is 11.1. The normalized spacial score (nSPS) is 10.2. The van der Waals surface area contributed by atoms with Crippen molar-refractivity contribution in [3.8, 4) is 0 Å². The molecule has 3 rings (SSSR count). The molecule has 15 heteroatoms. The molecule has 0 aliphatic carbocycles. The van der Waals surface area contributed by atoms with Gasteiger partial charge in [-0.3, -0.25) is 19.2 Å². The number of unbranched alkanes of at least 4 members (excludes halogenated alkanes) is 2. The number of oxime groups is 5. The van der Waals surface area contributed by atoms with E-state index in [1.165, 1.54) is 69.5 Å². The van der Waals surface area contributed by atoms with Gasteiger partial charge in [-0.15, -0.1) is 0 Å². The Balaban J connectivity index is 0. The number of hydrogen-bond donors (Lipinski definition) is 0. The number of ketones is 5. The van der Waals surface area contributed by atoms with Crippen LogP contribution >= 0.6 is 0 Å². The second-order valence-electron chi connectivity index (χ2n) is 11.2. The Morgan fingerprint density at radius 3 is 1.56 bits per heavy atom.